The van der Waals surface area contributed by atoms with Crippen LogP contribution < -0.4 is 5.32 Å². The van der Waals surface area contributed by atoms with Gasteiger partial charge in [-0.2, -0.15) is 0 Å². The molecular weight excluding hydrogens is 314 g/mol. The van der Waals surface area contributed by atoms with Crippen LogP contribution in [-0.4, -0.2) is 42.4 Å². The third-order valence-electron chi connectivity index (χ3n) is 2.74. The van der Waals surface area contributed by atoms with Crippen LogP contribution in [0, 0.1) is 5.92 Å². The van der Waals surface area contributed by atoms with Gasteiger partial charge in [0.1, 0.15) is 11.6 Å². The van der Waals surface area contributed by atoms with Crippen molar-refractivity contribution in [3.63, 3.8) is 0 Å². The molecule has 0 bridgehead atoms. The highest BCUT2D eigenvalue weighted by molar-refractivity contribution is 5.84. The molecule has 0 aliphatic carbocycles. The summed E-state index contributed by atoms with van der Waals surface area (Å²) in [5.74, 6) is -1.13. The first-order valence-corrected chi connectivity index (χ1v) is 8.32. The molecule has 0 aromatic rings. The summed E-state index contributed by atoms with van der Waals surface area (Å²) < 4.78 is 15.4. The Morgan fingerprint density at radius 3 is 2.08 bits per heavy atom. The molecular formula is C17H31NO6. The van der Waals surface area contributed by atoms with Crippen molar-refractivity contribution in [3.8, 4) is 0 Å². The molecule has 140 valence electrons. The van der Waals surface area contributed by atoms with Crippen molar-refractivity contribution >= 4 is 18.0 Å². The Bertz CT molecular complexity index is 427. The SMILES string of the molecule is CCCOC(=O)C(CC(C)C)OC(=O)C(C)NC(=O)OC(C)(C)C. The molecule has 0 radical (unpaired) electrons. The number of amides is 1. The van der Waals surface area contributed by atoms with Crippen LogP contribution in [0.3, 0.4) is 0 Å². The van der Waals surface area contributed by atoms with Gasteiger partial charge in [0.25, 0.3) is 0 Å². The van der Waals surface area contributed by atoms with Crippen LogP contribution in [0.25, 0.3) is 0 Å². The van der Waals surface area contributed by atoms with E-state index in [0.29, 0.717) is 12.8 Å². The first-order valence-electron chi connectivity index (χ1n) is 8.32. The molecule has 0 saturated heterocycles. The first-order chi connectivity index (χ1) is 11.0. The minimum Gasteiger partial charge on any atom is -0.463 e. The van der Waals surface area contributed by atoms with Crippen LogP contribution in [-0.2, 0) is 23.8 Å². The predicted molar refractivity (Wildman–Crippen MR) is 89.4 cm³/mol. The Morgan fingerprint density at radius 2 is 1.62 bits per heavy atom. The predicted octanol–water partition coefficient (Wildman–Crippen LogP) is 2.81. The summed E-state index contributed by atoms with van der Waals surface area (Å²) in [5, 5.41) is 2.39. The summed E-state index contributed by atoms with van der Waals surface area (Å²) in [4.78, 5) is 35.8. The fourth-order valence-electron chi connectivity index (χ4n) is 1.70. The lowest BCUT2D eigenvalue weighted by Gasteiger charge is -2.23. The third kappa shape index (κ3) is 10.1. The molecule has 1 N–H and O–H groups in total. The van der Waals surface area contributed by atoms with Gasteiger partial charge in [-0.15, -0.1) is 0 Å². The monoisotopic (exact) mass is 345 g/mol. The fourth-order valence-corrected chi connectivity index (χ4v) is 1.70. The quantitative estimate of drug-likeness (QED) is 0.537. The van der Waals surface area contributed by atoms with E-state index in [1.807, 2.05) is 20.8 Å². The van der Waals surface area contributed by atoms with Crippen LogP contribution in [0.1, 0.15) is 61.3 Å². The summed E-state index contributed by atoms with van der Waals surface area (Å²) in [6, 6.07) is -0.937. The molecule has 24 heavy (non-hydrogen) atoms. The zero-order valence-electron chi connectivity index (χ0n) is 15.8. The van der Waals surface area contributed by atoms with Crippen LogP contribution in [0.4, 0.5) is 4.79 Å². The summed E-state index contributed by atoms with van der Waals surface area (Å²) >= 11 is 0. The van der Waals surface area contributed by atoms with Gasteiger partial charge in [-0.05, 0) is 46.5 Å². The molecule has 0 heterocycles. The smallest absolute Gasteiger partial charge is 0.408 e. The van der Waals surface area contributed by atoms with E-state index in [2.05, 4.69) is 5.32 Å². The van der Waals surface area contributed by atoms with E-state index < -0.39 is 35.8 Å². The molecule has 2 atom stereocenters. The Labute approximate surface area is 144 Å². The lowest BCUT2D eigenvalue weighted by molar-refractivity contribution is -0.170. The number of carbonyl (C=O) groups excluding carboxylic acids is 3. The first kappa shape index (κ1) is 22.2. The average molecular weight is 345 g/mol. The number of esters is 2. The lowest BCUT2D eigenvalue weighted by Crippen LogP contribution is -2.44. The summed E-state index contributed by atoms with van der Waals surface area (Å²) in [7, 11) is 0. The largest absolute Gasteiger partial charge is 0.463 e. The zero-order valence-corrected chi connectivity index (χ0v) is 15.8. The zero-order chi connectivity index (χ0) is 18.9. The number of ether oxygens (including phenoxy) is 3. The number of rotatable bonds is 8. The molecule has 0 aromatic carbocycles. The van der Waals surface area contributed by atoms with Gasteiger partial charge >= 0.3 is 18.0 Å². The van der Waals surface area contributed by atoms with Crippen molar-refractivity contribution in [2.45, 2.75) is 79.1 Å². The van der Waals surface area contributed by atoms with Crippen molar-refractivity contribution in [1.82, 2.24) is 5.32 Å². The third-order valence-corrected chi connectivity index (χ3v) is 2.74. The highest BCUT2D eigenvalue weighted by atomic mass is 16.6. The number of hydrogen-bond acceptors (Lipinski definition) is 6. The molecule has 7 nitrogen and oxygen atoms in total. The van der Waals surface area contributed by atoms with E-state index in [9.17, 15) is 14.4 Å². The van der Waals surface area contributed by atoms with Gasteiger partial charge in [-0.3, -0.25) is 0 Å². The maximum absolute atomic E-state index is 12.1. The molecule has 0 aromatic heterocycles. The highest BCUT2D eigenvalue weighted by Gasteiger charge is 2.29. The number of carbonyl (C=O) groups is 3. The van der Waals surface area contributed by atoms with Gasteiger partial charge in [0, 0.05) is 0 Å². The van der Waals surface area contributed by atoms with Crippen LogP contribution in [0.2, 0.25) is 0 Å². The molecule has 0 aliphatic heterocycles. The number of hydrogen-bond donors (Lipinski definition) is 1. The second-order valence-electron chi connectivity index (χ2n) is 7.09. The van der Waals surface area contributed by atoms with Gasteiger partial charge in [0.05, 0.1) is 6.61 Å². The summed E-state index contributed by atoms with van der Waals surface area (Å²) in [6.45, 7) is 12.6. The second kappa shape index (κ2) is 10.2. The van der Waals surface area contributed by atoms with Crippen molar-refractivity contribution in [2.24, 2.45) is 5.92 Å². The maximum atomic E-state index is 12.1. The molecule has 0 rings (SSSR count). The summed E-state index contributed by atoms with van der Waals surface area (Å²) in [6.07, 6.45) is -0.661. The average Bonchev–Trinajstić information content (AvgIpc) is 2.41. The van der Waals surface area contributed by atoms with Gasteiger partial charge in [-0.1, -0.05) is 20.8 Å². The van der Waals surface area contributed by atoms with Crippen molar-refractivity contribution in [2.75, 3.05) is 6.61 Å². The fraction of sp³-hybridized carbons (Fsp3) is 0.824. The van der Waals surface area contributed by atoms with E-state index >= 15 is 0 Å². The molecule has 0 fully saturated rings. The van der Waals surface area contributed by atoms with Gasteiger partial charge < -0.3 is 19.5 Å². The van der Waals surface area contributed by atoms with Crippen LogP contribution in [0.5, 0.6) is 0 Å². The molecule has 1 amide bonds. The van der Waals surface area contributed by atoms with Gasteiger partial charge in [0.15, 0.2) is 6.10 Å². The Hall–Kier alpha value is -1.79. The molecule has 0 spiro atoms. The lowest BCUT2D eigenvalue weighted by atomic mass is 10.1. The van der Waals surface area contributed by atoms with Gasteiger partial charge in [-0.25, -0.2) is 14.4 Å². The van der Waals surface area contributed by atoms with E-state index in [4.69, 9.17) is 14.2 Å². The van der Waals surface area contributed by atoms with E-state index in [1.54, 1.807) is 20.8 Å². The molecule has 2 unspecified atom stereocenters. The summed E-state index contributed by atoms with van der Waals surface area (Å²) in [5.41, 5.74) is -0.669. The van der Waals surface area contributed by atoms with Gasteiger partial charge in [0.2, 0.25) is 0 Å². The Morgan fingerprint density at radius 1 is 1.04 bits per heavy atom. The standard InChI is InChI=1S/C17H31NO6/c1-8-9-22-15(20)13(10-11(2)3)23-14(19)12(4)18-16(21)24-17(5,6)7/h11-13H,8-10H2,1-7H3,(H,18,21). The topological polar surface area (TPSA) is 90.9 Å². The van der Waals surface area contributed by atoms with Crippen molar-refractivity contribution < 1.29 is 28.6 Å². The maximum Gasteiger partial charge on any atom is 0.408 e. The Balaban J connectivity index is 4.68. The molecule has 0 saturated carbocycles. The van der Waals surface area contributed by atoms with Crippen LogP contribution in [0.15, 0.2) is 0 Å². The number of alkyl carbamates (subject to hydrolysis) is 1. The number of nitrogens with one attached hydrogen (secondary N) is 1. The second-order valence-corrected chi connectivity index (χ2v) is 7.09. The molecule has 0 aliphatic rings. The highest BCUT2D eigenvalue weighted by Crippen LogP contribution is 2.12. The molecule has 7 heteroatoms. The minimum absolute atomic E-state index is 0.145. The Kier molecular flexibility index (Phi) is 9.40. The van der Waals surface area contributed by atoms with E-state index in [1.165, 1.54) is 6.92 Å². The van der Waals surface area contributed by atoms with Crippen LogP contribution >= 0.6 is 0 Å². The van der Waals surface area contributed by atoms with E-state index in [-0.39, 0.29) is 12.5 Å². The van der Waals surface area contributed by atoms with E-state index in [0.717, 1.165) is 0 Å². The minimum atomic E-state index is -0.980. The van der Waals surface area contributed by atoms with Crippen molar-refractivity contribution in [1.29, 1.82) is 0 Å². The van der Waals surface area contributed by atoms with Crippen molar-refractivity contribution in [3.05, 3.63) is 0 Å². The normalized spacial score (nSPS) is 13.8.